The number of allylic oxidation sites excluding steroid dienone is 3. The molecule has 1 rings (SSSR count). The predicted molar refractivity (Wildman–Crippen MR) is 52.0 cm³/mol. The molecule has 71 valence electrons. The van der Waals surface area contributed by atoms with Crippen LogP contribution in [0, 0.1) is 6.92 Å². The van der Waals surface area contributed by atoms with Gasteiger partial charge < -0.3 is 4.74 Å². The van der Waals surface area contributed by atoms with Gasteiger partial charge in [-0.3, -0.25) is 0 Å². The van der Waals surface area contributed by atoms with Crippen LogP contribution in [0.25, 0.3) is 0 Å². The summed E-state index contributed by atoms with van der Waals surface area (Å²) in [7, 11) is 0. The second-order valence-corrected chi connectivity index (χ2v) is 3.00. The van der Waals surface area contributed by atoms with Crippen molar-refractivity contribution in [2.24, 2.45) is 0 Å². The number of hydrogen-bond donors (Lipinski definition) is 0. The molecule has 2 nitrogen and oxygen atoms in total. The van der Waals surface area contributed by atoms with Gasteiger partial charge in [0.05, 0.1) is 6.61 Å². The maximum atomic E-state index is 11.3. The van der Waals surface area contributed by atoms with Gasteiger partial charge in [-0.15, -0.1) is 0 Å². The van der Waals surface area contributed by atoms with Crippen molar-refractivity contribution in [3.8, 4) is 0 Å². The zero-order chi connectivity index (χ0) is 9.52. The Balaban J connectivity index is 2.30. The molecule has 0 amide bonds. The molecule has 1 radical (unpaired) electrons. The summed E-state index contributed by atoms with van der Waals surface area (Å²) in [4.78, 5) is 11.3. The summed E-state index contributed by atoms with van der Waals surface area (Å²) in [6, 6.07) is 0. The second-order valence-electron chi connectivity index (χ2n) is 3.00. The number of ether oxygens (including phenoxy) is 1. The van der Waals surface area contributed by atoms with Crippen molar-refractivity contribution < 1.29 is 9.53 Å². The van der Waals surface area contributed by atoms with Crippen LogP contribution in [0.1, 0.15) is 25.7 Å². The van der Waals surface area contributed by atoms with Gasteiger partial charge in [-0.1, -0.05) is 31.6 Å². The number of carbonyl (C=O) groups is 1. The summed E-state index contributed by atoms with van der Waals surface area (Å²) in [5.41, 5.74) is 0.784. The van der Waals surface area contributed by atoms with Crippen molar-refractivity contribution in [3.63, 3.8) is 0 Å². The summed E-state index contributed by atoms with van der Waals surface area (Å²) in [6.45, 7) is 4.17. The van der Waals surface area contributed by atoms with E-state index in [0.717, 1.165) is 31.3 Å². The lowest BCUT2D eigenvalue weighted by atomic mass is 10.1. The SMILES string of the molecule is [CH2]CCCOC(=O)C1=CC=CCC1. The quantitative estimate of drug-likeness (QED) is 0.489. The van der Waals surface area contributed by atoms with Gasteiger partial charge in [-0.2, -0.15) is 0 Å². The van der Waals surface area contributed by atoms with E-state index in [1.807, 2.05) is 18.2 Å². The van der Waals surface area contributed by atoms with Gasteiger partial charge in [0, 0.05) is 5.57 Å². The zero-order valence-corrected chi connectivity index (χ0v) is 7.79. The molecule has 1 aliphatic carbocycles. The Hall–Kier alpha value is -1.05. The van der Waals surface area contributed by atoms with Crippen LogP contribution < -0.4 is 0 Å². The molecular formula is C11H15O2. The predicted octanol–water partition coefficient (Wildman–Crippen LogP) is 2.42. The fourth-order valence-electron chi connectivity index (χ4n) is 1.13. The van der Waals surface area contributed by atoms with Crippen LogP contribution in [0.4, 0.5) is 0 Å². The summed E-state index contributed by atoms with van der Waals surface area (Å²) in [5, 5.41) is 0. The lowest BCUT2D eigenvalue weighted by Gasteiger charge is -2.08. The minimum atomic E-state index is -0.169. The lowest BCUT2D eigenvalue weighted by Crippen LogP contribution is -2.09. The van der Waals surface area contributed by atoms with Crippen LogP contribution in [0.15, 0.2) is 23.8 Å². The average molecular weight is 179 g/mol. The van der Waals surface area contributed by atoms with Crippen LogP contribution in [0.3, 0.4) is 0 Å². The summed E-state index contributed by atoms with van der Waals surface area (Å²) < 4.78 is 5.04. The Morgan fingerprint density at radius 2 is 2.46 bits per heavy atom. The van der Waals surface area contributed by atoms with Crippen LogP contribution in [0.5, 0.6) is 0 Å². The first-order chi connectivity index (χ1) is 6.34. The molecule has 0 aromatic rings. The van der Waals surface area contributed by atoms with Crippen molar-refractivity contribution in [1.82, 2.24) is 0 Å². The first-order valence-corrected chi connectivity index (χ1v) is 4.66. The van der Waals surface area contributed by atoms with Gasteiger partial charge in [0.15, 0.2) is 0 Å². The highest BCUT2D eigenvalue weighted by Gasteiger charge is 2.10. The third kappa shape index (κ3) is 3.45. The summed E-state index contributed by atoms with van der Waals surface area (Å²) in [5.74, 6) is -0.169. The van der Waals surface area contributed by atoms with Gasteiger partial charge in [-0.25, -0.2) is 4.79 Å². The van der Waals surface area contributed by atoms with Gasteiger partial charge in [0.2, 0.25) is 0 Å². The molecule has 0 saturated heterocycles. The Kier molecular flexibility index (Phi) is 4.30. The molecule has 0 aliphatic heterocycles. The maximum Gasteiger partial charge on any atom is 0.334 e. The Bertz CT molecular complexity index is 226. The first-order valence-electron chi connectivity index (χ1n) is 4.66. The fraction of sp³-hybridized carbons (Fsp3) is 0.455. The molecule has 0 aromatic heterocycles. The smallest absolute Gasteiger partial charge is 0.334 e. The normalized spacial score (nSPS) is 15.3. The Labute approximate surface area is 79.3 Å². The number of esters is 1. The van der Waals surface area contributed by atoms with E-state index in [2.05, 4.69) is 6.92 Å². The zero-order valence-electron chi connectivity index (χ0n) is 7.79. The largest absolute Gasteiger partial charge is 0.462 e. The molecule has 0 bridgehead atoms. The standard InChI is InChI=1S/C11H15O2/c1-2-3-9-13-11(12)10-7-5-4-6-8-10/h4-5,7H,1-3,6,8-9H2. The van der Waals surface area contributed by atoms with E-state index >= 15 is 0 Å². The molecule has 0 fully saturated rings. The topological polar surface area (TPSA) is 26.3 Å². The van der Waals surface area contributed by atoms with Crippen LogP contribution in [0.2, 0.25) is 0 Å². The van der Waals surface area contributed by atoms with Gasteiger partial charge in [0.1, 0.15) is 0 Å². The van der Waals surface area contributed by atoms with Crippen LogP contribution in [-0.2, 0) is 9.53 Å². The highest BCUT2D eigenvalue weighted by Crippen LogP contribution is 2.13. The van der Waals surface area contributed by atoms with Gasteiger partial charge in [-0.05, 0) is 19.3 Å². The Morgan fingerprint density at radius 3 is 3.08 bits per heavy atom. The lowest BCUT2D eigenvalue weighted by molar-refractivity contribution is -0.139. The first kappa shape index (κ1) is 10.0. The number of unbranched alkanes of at least 4 members (excludes halogenated alkanes) is 1. The molecule has 0 heterocycles. The van der Waals surface area contributed by atoms with E-state index in [1.165, 1.54) is 0 Å². The van der Waals surface area contributed by atoms with E-state index in [9.17, 15) is 4.79 Å². The van der Waals surface area contributed by atoms with E-state index in [0.29, 0.717) is 6.61 Å². The molecular weight excluding hydrogens is 164 g/mol. The molecule has 2 heteroatoms. The molecule has 13 heavy (non-hydrogen) atoms. The third-order valence-electron chi connectivity index (χ3n) is 1.90. The fourth-order valence-corrected chi connectivity index (χ4v) is 1.13. The maximum absolute atomic E-state index is 11.3. The molecule has 0 unspecified atom stereocenters. The van der Waals surface area contributed by atoms with Crippen LogP contribution in [-0.4, -0.2) is 12.6 Å². The molecule has 1 aliphatic rings. The minimum absolute atomic E-state index is 0.169. The van der Waals surface area contributed by atoms with E-state index in [1.54, 1.807) is 0 Å². The van der Waals surface area contributed by atoms with E-state index in [4.69, 9.17) is 4.74 Å². The minimum Gasteiger partial charge on any atom is -0.462 e. The number of carbonyl (C=O) groups excluding carboxylic acids is 1. The highest BCUT2D eigenvalue weighted by atomic mass is 16.5. The van der Waals surface area contributed by atoms with Crippen LogP contribution >= 0.6 is 0 Å². The molecule has 0 atom stereocenters. The average Bonchev–Trinajstić information content (AvgIpc) is 2.19. The van der Waals surface area contributed by atoms with Crippen molar-refractivity contribution in [2.75, 3.05) is 6.61 Å². The highest BCUT2D eigenvalue weighted by molar-refractivity contribution is 5.89. The van der Waals surface area contributed by atoms with Crippen molar-refractivity contribution in [3.05, 3.63) is 30.7 Å². The summed E-state index contributed by atoms with van der Waals surface area (Å²) >= 11 is 0. The number of rotatable bonds is 4. The van der Waals surface area contributed by atoms with Crippen molar-refractivity contribution >= 4 is 5.97 Å². The Morgan fingerprint density at radius 1 is 1.62 bits per heavy atom. The summed E-state index contributed by atoms with van der Waals surface area (Å²) in [6.07, 6.45) is 9.18. The second kappa shape index (κ2) is 5.57. The molecule has 0 saturated carbocycles. The van der Waals surface area contributed by atoms with E-state index in [-0.39, 0.29) is 5.97 Å². The molecule has 0 aromatic carbocycles. The van der Waals surface area contributed by atoms with Crippen molar-refractivity contribution in [1.29, 1.82) is 0 Å². The molecule has 0 N–H and O–H groups in total. The number of hydrogen-bond acceptors (Lipinski definition) is 2. The van der Waals surface area contributed by atoms with Gasteiger partial charge >= 0.3 is 5.97 Å². The van der Waals surface area contributed by atoms with Crippen molar-refractivity contribution in [2.45, 2.75) is 25.7 Å². The third-order valence-corrected chi connectivity index (χ3v) is 1.90. The molecule has 0 spiro atoms. The van der Waals surface area contributed by atoms with Gasteiger partial charge in [0.25, 0.3) is 0 Å². The monoisotopic (exact) mass is 179 g/mol. The van der Waals surface area contributed by atoms with E-state index < -0.39 is 0 Å².